The molecule has 0 saturated carbocycles. The van der Waals surface area contributed by atoms with Gasteiger partial charge in [-0.05, 0) is 24.6 Å². The van der Waals surface area contributed by atoms with Crippen LogP contribution in [-0.2, 0) is 0 Å². The predicted octanol–water partition coefficient (Wildman–Crippen LogP) is 2.83. The monoisotopic (exact) mass is 340 g/mol. The summed E-state index contributed by atoms with van der Waals surface area (Å²) in [5.74, 6) is -0.216. The van der Waals surface area contributed by atoms with Crippen LogP contribution in [0.4, 0.5) is 5.13 Å². The van der Waals surface area contributed by atoms with Crippen LogP contribution < -0.4 is 10.6 Å². The fourth-order valence-electron chi connectivity index (χ4n) is 1.53. The zero-order valence-corrected chi connectivity index (χ0v) is 12.9. The van der Waals surface area contributed by atoms with E-state index in [1.54, 1.807) is 7.05 Å². The summed E-state index contributed by atoms with van der Waals surface area (Å²) < 4.78 is 0.986. The van der Waals surface area contributed by atoms with Crippen molar-refractivity contribution in [3.63, 3.8) is 0 Å². The van der Waals surface area contributed by atoms with Gasteiger partial charge in [0.05, 0.1) is 6.04 Å². The Kier molecular flexibility index (Phi) is 4.49. The van der Waals surface area contributed by atoms with E-state index in [9.17, 15) is 4.79 Å². The Labute approximate surface area is 123 Å². The van der Waals surface area contributed by atoms with E-state index in [1.165, 1.54) is 11.3 Å². The van der Waals surface area contributed by atoms with Crippen LogP contribution in [0.1, 0.15) is 28.3 Å². The lowest BCUT2D eigenvalue weighted by Gasteiger charge is -2.13. The number of halogens is 1. The van der Waals surface area contributed by atoms with Crippen molar-refractivity contribution >= 4 is 38.3 Å². The van der Waals surface area contributed by atoms with Gasteiger partial charge < -0.3 is 10.6 Å². The highest BCUT2D eigenvalue weighted by atomic mass is 79.9. The Balaban J connectivity index is 2.06. The summed E-state index contributed by atoms with van der Waals surface area (Å²) in [7, 11) is 1.74. The van der Waals surface area contributed by atoms with E-state index in [4.69, 9.17) is 0 Å². The molecule has 0 aliphatic heterocycles. The van der Waals surface area contributed by atoms with Crippen LogP contribution in [0, 0.1) is 0 Å². The molecule has 5 nitrogen and oxygen atoms in total. The Morgan fingerprint density at radius 1 is 1.42 bits per heavy atom. The molecule has 2 N–H and O–H groups in total. The first kappa shape index (κ1) is 14.0. The number of rotatable bonds is 4. The maximum Gasteiger partial charge on any atom is 0.282 e. The van der Waals surface area contributed by atoms with Crippen molar-refractivity contribution in [1.82, 2.24) is 15.5 Å². The molecule has 7 heteroatoms. The van der Waals surface area contributed by atoms with Gasteiger partial charge in [-0.1, -0.05) is 39.4 Å². The molecule has 1 amide bonds. The third-order valence-electron chi connectivity index (χ3n) is 2.53. The molecule has 2 aromatic rings. The molecule has 100 valence electrons. The minimum absolute atomic E-state index is 0.0908. The van der Waals surface area contributed by atoms with Crippen molar-refractivity contribution in [2.24, 2.45) is 0 Å². The van der Waals surface area contributed by atoms with E-state index in [0.717, 1.165) is 10.0 Å². The standard InChI is InChI=1S/C12H13BrN4OS/c1-7(8-4-3-5-9(13)6-8)15-10(18)11-16-17-12(14-2)19-11/h3-7H,1-2H3,(H,14,17)(H,15,18). The van der Waals surface area contributed by atoms with Crippen molar-refractivity contribution in [2.45, 2.75) is 13.0 Å². The fourth-order valence-corrected chi connectivity index (χ4v) is 2.55. The lowest BCUT2D eigenvalue weighted by Crippen LogP contribution is -2.26. The second-order valence-electron chi connectivity index (χ2n) is 3.91. The van der Waals surface area contributed by atoms with Crippen LogP contribution in [0.25, 0.3) is 0 Å². The van der Waals surface area contributed by atoms with Crippen molar-refractivity contribution in [3.8, 4) is 0 Å². The minimum Gasteiger partial charge on any atom is -0.363 e. The fraction of sp³-hybridized carbons (Fsp3) is 0.250. The molecular formula is C12H13BrN4OS. The van der Waals surface area contributed by atoms with Crippen LogP contribution in [0.15, 0.2) is 28.7 Å². The van der Waals surface area contributed by atoms with Crippen molar-refractivity contribution in [3.05, 3.63) is 39.3 Å². The molecule has 1 aromatic carbocycles. The third kappa shape index (κ3) is 3.51. The lowest BCUT2D eigenvalue weighted by molar-refractivity contribution is 0.0939. The maximum atomic E-state index is 12.0. The van der Waals surface area contributed by atoms with E-state index in [-0.39, 0.29) is 11.9 Å². The summed E-state index contributed by atoms with van der Waals surface area (Å²) in [4.78, 5) is 12.0. The van der Waals surface area contributed by atoms with E-state index < -0.39 is 0 Å². The smallest absolute Gasteiger partial charge is 0.282 e. The summed E-state index contributed by atoms with van der Waals surface area (Å²) >= 11 is 4.64. The summed E-state index contributed by atoms with van der Waals surface area (Å²) in [6, 6.07) is 7.74. The van der Waals surface area contributed by atoms with E-state index in [0.29, 0.717) is 10.1 Å². The lowest BCUT2D eigenvalue weighted by atomic mass is 10.1. The van der Waals surface area contributed by atoms with Crippen LogP contribution in [0.3, 0.4) is 0 Å². The molecule has 0 spiro atoms. The second-order valence-corrected chi connectivity index (χ2v) is 5.81. The molecule has 2 rings (SSSR count). The maximum absolute atomic E-state index is 12.0. The number of aromatic nitrogens is 2. The molecular weight excluding hydrogens is 328 g/mol. The predicted molar refractivity (Wildman–Crippen MR) is 79.5 cm³/mol. The van der Waals surface area contributed by atoms with Crippen LogP contribution in [0.5, 0.6) is 0 Å². The van der Waals surface area contributed by atoms with Gasteiger partial charge >= 0.3 is 0 Å². The Bertz CT molecular complexity index is 587. The SMILES string of the molecule is CNc1nnc(C(=O)NC(C)c2cccc(Br)c2)s1. The largest absolute Gasteiger partial charge is 0.363 e. The summed E-state index contributed by atoms with van der Waals surface area (Å²) in [6.07, 6.45) is 0. The molecule has 0 aliphatic carbocycles. The van der Waals surface area contributed by atoms with Gasteiger partial charge in [0, 0.05) is 11.5 Å². The average molecular weight is 341 g/mol. The number of carbonyl (C=O) groups excluding carboxylic acids is 1. The van der Waals surface area contributed by atoms with E-state index in [2.05, 4.69) is 36.8 Å². The molecule has 0 radical (unpaired) electrons. The van der Waals surface area contributed by atoms with Crippen molar-refractivity contribution in [1.29, 1.82) is 0 Å². The van der Waals surface area contributed by atoms with Gasteiger partial charge in [0.15, 0.2) is 0 Å². The number of hydrogen-bond acceptors (Lipinski definition) is 5. The molecule has 1 aromatic heterocycles. The number of nitrogens with zero attached hydrogens (tertiary/aromatic N) is 2. The quantitative estimate of drug-likeness (QED) is 0.897. The number of anilines is 1. The summed E-state index contributed by atoms with van der Waals surface area (Å²) in [5, 5.41) is 14.4. The van der Waals surface area contributed by atoms with Crippen LogP contribution in [0.2, 0.25) is 0 Å². The molecule has 0 bridgehead atoms. The average Bonchev–Trinajstić information content (AvgIpc) is 2.87. The van der Waals surface area contributed by atoms with Gasteiger partial charge in [0.1, 0.15) is 0 Å². The van der Waals surface area contributed by atoms with Gasteiger partial charge in [-0.15, -0.1) is 10.2 Å². The Hall–Kier alpha value is -1.47. The highest BCUT2D eigenvalue weighted by Gasteiger charge is 2.15. The molecule has 0 fully saturated rings. The van der Waals surface area contributed by atoms with Gasteiger partial charge in [0.25, 0.3) is 5.91 Å². The van der Waals surface area contributed by atoms with Crippen LogP contribution >= 0.6 is 27.3 Å². The zero-order chi connectivity index (χ0) is 13.8. The highest BCUT2D eigenvalue weighted by Crippen LogP contribution is 2.19. The van der Waals surface area contributed by atoms with Gasteiger partial charge in [-0.3, -0.25) is 4.79 Å². The number of carbonyl (C=O) groups is 1. The molecule has 1 unspecified atom stereocenters. The van der Waals surface area contributed by atoms with Gasteiger partial charge in [-0.2, -0.15) is 0 Å². The number of nitrogens with one attached hydrogen (secondary N) is 2. The molecule has 19 heavy (non-hydrogen) atoms. The first-order valence-electron chi connectivity index (χ1n) is 5.67. The summed E-state index contributed by atoms with van der Waals surface area (Å²) in [5.41, 5.74) is 1.03. The van der Waals surface area contributed by atoms with Gasteiger partial charge in [-0.25, -0.2) is 0 Å². The van der Waals surface area contributed by atoms with E-state index >= 15 is 0 Å². The second kappa shape index (κ2) is 6.12. The minimum atomic E-state index is -0.216. The Morgan fingerprint density at radius 2 is 2.21 bits per heavy atom. The van der Waals surface area contributed by atoms with Crippen molar-refractivity contribution in [2.75, 3.05) is 12.4 Å². The number of hydrogen-bond donors (Lipinski definition) is 2. The van der Waals surface area contributed by atoms with Crippen LogP contribution in [-0.4, -0.2) is 23.2 Å². The summed E-state index contributed by atoms with van der Waals surface area (Å²) in [6.45, 7) is 1.93. The highest BCUT2D eigenvalue weighted by molar-refractivity contribution is 9.10. The molecule has 0 saturated heterocycles. The van der Waals surface area contributed by atoms with Crippen molar-refractivity contribution < 1.29 is 4.79 Å². The molecule has 1 atom stereocenters. The first-order chi connectivity index (χ1) is 9.10. The number of amides is 1. The third-order valence-corrected chi connectivity index (χ3v) is 3.96. The number of benzene rings is 1. The van der Waals surface area contributed by atoms with E-state index in [1.807, 2.05) is 31.2 Å². The zero-order valence-electron chi connectivity index (χ0n) is 10.5. The topological polar surface area (TPSA) is 66.9 Å². The normalized spacial score (nSPS) is 11.9. The molecule has 0 aliphatic rings. The Morgan fingerprint density at radius 3 is 2.84 bits per heavy atom. The molecule has 1 heterocycles. The van der Waals surface area contributed by atoms with Gasteiger partial charge in [0.2, 0.25) is 10.1 Å². The first-order valence-corrected chi connectivity index (χ1v) is 7.28.